The Bertz CT molecular complexity index is 297. The Balaban J connectivity index is 4.86. The minimum Gasteiger partial charge on any atom is -0.389 e. The van der Waals surface area contributed by atoms with Crippen LogP contribution in [0.15, 0.2) is 0 Å². The Morgan fingerprint density at radius 3 is 2.17 bits per heavy atom. The number of urea groups is 1. The molecule has 0 saturated heterocycles. The average Bonchev–Trinajstić information content (AvgIpc) is 2.19. The van der Waals surface area contributed by atoms with Crippen LogP contribution >= 0.6 is 0 Å². The SMILES string of the molecule is CCN(CC(C)(C)O)C(=O)C(NC(N)=O)C(C)C. The van der Waals surface area contributed by atoms with Gasteiger partial charge in [0.25, 0.3) is 0 Å². The molecule has 0 aromatic rings. The first-order valence-electron chi connectivity index (χ1n) is 6.15. The minimum absolute atomic E-state index is 0.0687. The zero-order valence-electron chi connectivity index (χ0n) is 11.9. The fourth-order valence-electron chi connectivity index (χ4n) is 1.68. The van der Waals surface area contributed by atoms with Gasteiger partial charge in [-0.2, -0.15) is 0 Å². The molecule has 1 atom stereocenters. The van der Waals surface area contributed by atoms with Crippen molar-refractivity contribution in [1.82, 2.24) is 10.2 Å². The number of aliphatic hydroxyl groups is 1. The molecule has 0 heterocycles. The van der Waals surface area contributed by atoms with Gasteiger partial charge in [0.2, 0.25) is 5.91 Å². The molecular formula is C12H25N3O3. The van der Waals surface area contributed by atoms with Gasteiger partial charge < -0.3 is 21.1 Å². The summed E-state index contributed by atoms with van der Waals surface area (Å²) in [5.74, 6) is -0.297. The molecule has 1 unspecified atom stereocenters. The van der Waals surface area contributed by atoms with Gasteiger partial charge in [0.1, 0.15) is 6.04 Å². The number of likely N-dealkylation sites (N-methyl/N-ethyl adjacent to an activating group) is 1. The molecule has 0 saturated carbocycles. The number of nitrogens with two attached hydrogens (primary N) is 1. The van der Waals surface area contributed by atoms with Crippen molar-refractivity contribution in [2.75, 3.05) is 13.1 Å². The lowest BCUT2D eigenvalue weighted by Gasteiger charge is -2.32. The van der Waals surface area contributed by atoms with Crippen molar-refractivity contribution < 1.29 is 14.7 Å². The monoisotopic (exact) mass is 259 g/mol. The van der Waals surface area contributed by atoms with Gasteiger partial charge in [0.05, 0.1) is 5.60 Å². The summed E-state index contributed by atoms with van der Waals surface area (Å²) < 4.78 is 0. The molecule has 0 aliphatic heterocycles. The number of rotatable bonds is 6. The summed E-state index contributed by atoms with van der Waals surface area (Å²) in [5.41, 5.74) is 4.10. The molecular weight excluding hydrogens is 234 g/mol. The number of carbonyl (C=O) groups is 2. The van der Waals surface area contributed by atoms with Gasteiger partial charge in [0.15, 0.2) is 0 Å². The highest BCUT2D eigenvalue weighted by Crippen LogP contribution is 2.10. The van der Waals surface area contributed by atoms with Gasteiger partial charge in [-0.25, -0.2) is 4.79 Å². The lowest BCUT2D eigenvalue weighted by Crippen LogP contribution is -2.54. The first-order valence-corrected chi connectivity index (χ1v) is 6.15. The van der Waals surface area contributed by atoms with Crippen LogP contribution in [0, 0.1) is 5.92 Å². The summed E-state index contributed by atoms with van der Waals surface area (Å²) in [4.78, 5) is 24.7. The number of primary amides is 1. The Kier molecular flexibility index (Phi) is 6.11. The smallest absolute Gasteiger partial charge is 0.312 e. The highest BCUT2D eigenvalue weighted by molar-refractivity contribution is 5.86. The zero-order valence-corrected chi connectivity index (χ0v) is 11.9. The van der Waals surface area contributed by atoms with E-state index in [0.29, 0.717) is 6.54 Å². The van der Waals surface area contributed by atoms with E-state index in [1.54, 1.807) is 13.8 Å². The minimum atomic E-state index is -0.972. The molecule has 4 N–H and O–H groups in total. The maximum absolute atomic E-state index is 12.3. The fraction of sp³-hybridized carbons (Fsp3) is 0.833. The van der Waals surface area contributed by atoms with Crippen molar-refractivity contribution in [3.05, 3.63) is 0 Å². The van der Waals surface area contributed by atoms with Crippen LogP contribution in [0.25, 0.3) is 0 Å². The summed E-state index contributed by atoms with van der Waals surface area (Å²) in [6.07, 6.45) is 0. The van der Waals surface area contributed by atoms with Crippen molar-refractivity contribution in [3.63, 3.8) is 0 Å². The summed E-state index contributed by atoms with van der Waals surface area (Å²) in [7, 11) is 0. The first-order chi connectivity index (χ1) is 8.08. The second kappa shape index (κ2) is 6.58. The van der Waals surface area contributed by atoms with Crippen LogP contribution in [0.4, 0.5) is 4.79 Å². The third-order valence-corrected chi connectivity index (χ3v) is 2.50. The normalized spacial score (nSPS) is 13.3. The molecule has 0 rings (SSSR count). The van der Waals surface area contributed by atoms with Crippen molar-refractivity contribution in [2.45, 2.75) is 46.3 Å². The quantitative estimate of drug-likeness (QED) is 0.640. The second-order valence-corrected chi connectivity index (χ2v) is 5.40. The largest absolute Gasteiger partial charge is 0.389 e. The number of hydrogen-bond donors (Lipinski definition) is 3. The van der Waals surface area contributed by atoms with Crippen LogP contribution in [-0.2, 0) is 4.79 Å². The number of carbonyl (C=O) groups excluding carboxylic acids is 2. The van der Waals surface area contributed by atoms with Gasteiger partial charge in [-0.3, -0.25) is 4.79 Å². The number of hydrogen-bond acceptors (Lipinski definition) is 3. The van der Waals surface area contributed by atoms with E-state index < -0.39 is 17.7 Å². The Labute approximate surface area is 109 Å². The van der Waals surface area contributed by atoms with Crippen molar-refractivity contribution >= 4 is 11.9 Å². The number of nitrogens with one attached hydrogen (secondary N) is 1. The molecule has 6 heteroatoms. The van der Waals surface area contributed by atoms with Gasteiger partial charge in [-0.1, -0.05) is 13.8 Å². The van der Waals surface area contributed by atoms with Crippen molar-refractivity contribution in [1.29, 1.82) is 0 Å². The summed E-state index contributed by atoms with van der Waals surface area (Å²) in [6, 6.07) is -1.38. The maximum atomic E-state index is 12.3. The predicted molar refractivity (Wildman–Crippen MR) is 69.9 cm³/mol. The van der Waals surface area contributed by atoms with Crippen LogP contribution in [0.3, 0.4) is 0 Å². The number of nitrogens with zero attached hydrogens (tertiary/aromatic N) is 1. The highest BCUT2D eigenvalue weighted by Gasteiger charge is 2.30. The zero-order chi connectivity index (χ0) is 14.5. The Hall–Kier alpha value is -1.30. The summed E-state index contributed by atoms with van der Waals surface area (Å²) in [5, 5.41) is 12.2. The molecule has 0 fully saturated rings. The van der Waals surface area contributed by atoms with E-state index in [0.717, 1.165) is 0 Å². The molecule has 0 bridgehead atoms. The molecule has 0 aliphatic carbocycles. The van der Waals surface area contributed by atoms with Gasteiger partial charge in [0, 0.05) is 13.1 Å². The van der Waals surface area contributed by atoms with E-state index >= 15 is 0 Å². The van der Waals surface area contributed by atoms with Crippen LogP contribution in [0.5, 0.6) is 0 Å². The maximum Gasteiger partial charge on any atom is 0.312 e. The molecule has 18 heavy (non-hydrogen) atoms. The molecule has 3 amide bonds. The molecule has 0 radical (unpaired) electrons. The van der Waals surface area contributed by atoms with E-state index in [-0.39, 0.29) is 18.4 Å². The molecule has 106 valence electrons. The van der Waals surface area contributed by atoms with E-state index in [2.05, 4.69) is 5.32 Å². The van der Waals surface area contributed by atoms with Crippen LogP contribution in [0.1, 0.15) is 34.6 Å². The lowest BCUT2D eigenvalue weighted by molar-refractivity contribution is -0.137. The summed E-state index contributed by atoms with van der Waals surface area (Å²) >= 11 is 0. The van der Waals surface area contributed by atoms with Crippen LogP contribution in [-0.4, -0.2) is 46.7 Å². The molecule has 6 nitrogen and oxygen atoms in total. The second-order valence-electron chi connectivity index (χ2n) is 5.40. The van der Waals surface area contributed by atoms with Crippen LogP contribution in [0.2, 0.25) is 0 Å². The third-order valence-electron chi connectivity index (χ3n) is 2.50. The van der Waals surface area contributed by atoms with Gasteiger partial charge >= 0.3 is 6.03 Å². The fourth-order valence-corrected chi connectivity index (χ4v) is 1.68. The standard InChI is InChI=1S/C12H25N3O3/c1-6-15(7-12(4,5)18)10(16)9(8(2)3)14-11(13)17/h8-9,18H,6-7H2,1-5H3,(H3,13,14,17). The topological polar surface area (TPSA) is 95.7 Å². The van der Waals surface area contributed by atoms with Crippen LogP contribution < -0.4 is 11.1 Å². The van der Waals surface area contributed by atoms with Gasteiger partial charge in [-0.15, -0.1) is 0 Å². The number of amides is 3. The summed E-state index contributed by atoms with van der Waals surface area (Å²) in [6.45, 7) is 9.43. The predicted octanol–water partition coefficient (Wildman–Crippen LogP) is 0.299. The van der Waals surface area contributed by atoms with Crippen molar-refractivity contribution in [2.24, 2.45) is 11.7 Å². The first kappa shape index (κ1) is 16.7. The van der Waals surface area contributed by atoms with Gasteiger partial charge in [-0.05, 0) is 26.7 Å². The Morgan fingerprint density at radius 2 is 1.89 bits per heavy atom. The van der Waals surface area contributed by atoms with E-state index in [4.69, 9.17) is 5.73 Å². The van der Waals surface area contributed by atoms with E-state index in [1.807, 2.05) is 20.8 Å². The molecule has 0 aromatic heterocycles. The Morgan fingerprint density at radius 1 is 1.39 bits per heavy atom. The lowest BCUT2D eigenvalue weighted by atomic mass is 10.0. The van der Waals surface area contributed by atoms with E-state index in [1.165, 1.54) is 4.90 Å². The molecule has 0 spiro atoms. The van der Waals surface area contributed by atoms with E-state index in [9.17, 15) is 14.7 Å². The van der Waals surface area contributed by atoms with Crippen molar-refractivity contribution in [3.8, 4) is 0 Å². The third kappa shape index (κ3) is 5.86. The average molecular weight is 259 g/mol. The molecule has 0 aromatic carbocycles. The molecule has 0 aliphatic rings. The highest BCUT2D eigenvalue weighted by atomic mass is 16.3.